The Hall–Kier alpha value is 0.1000. The molecule has 1 aromatic rings. The third-order valence-electron chi connectivity index (χ3n) is 2.65. The van der Waals surface area contributed by atoms with Crippen LogP contribution in [0, 0.1) is 0 Å². The summed E-state index contributed by atoms with van der Waals surface area (Å²) in [5.41, 5.74) is 0. The molecule has 2 unspecified atom stereocenters. The highest BCUT2D eigenvalue weighted by molar-refractivity contribution is 9.10. The zero-order valence-corrected chi connectivity index (χ0v) is 12.5. The number of hydrogen-bond acceptors (Lipinski definition) is 3. The van der Waals surface area contributed by atoms with E-state index in [1.807, 2.05) is 7.05 Å². The third kappa shape index (κ3) is 4.17. The predicted octanol–water partition coefficient (Wildman–Crippen LogP) is 3.46. The summed E-state index contributed by atoms with van der Waals surface area (Å²) in [6.45, 7) is 5.01. The van der Waals surface area contributed by atoms with Crippen LogP contribution in [0.3, 0.4) is 0 Å². The maximum Gasteiger partial charge on any atom is 0.0728 e. The van der Waals surface area contributed by atoms with Crippen molar-refractivity contribution in [1.82, 2.24) is 5.32 Å². The fraction of sp³-hybridized carbons (Fsp3) is 0.667. The molecule has 0 fully saturated rings. The predicted molar refractivity (Wildman–Crippen MR) is 74.3 cm³/mol. The molecule has 0 aromatic carbocycles. The van der Waals surface area contributed by atoms with Gasteiger partial charge in [0.2, 0.25) is 0 Å². The van der Waals surface area contributed by atoms with E-state index in [-0.39, 0.29) is 0 Å². The molecule has 0 radical (unpaired) electrons. The van der Waals surface area contributed by atoms with Crippen molar-refractivity contribution in [3.63, 3.8) is 0 Å². The number of hydrogen-bond donors (Lipinski definition) is 1. The molecule has 1 N–H and O–H groups in total. The van der Waals surface area contributed by atoms with Gasteiger partial charge in [0, 0.05) is 27.4 Å². The van der Waals surface area contributed by atoms with Gasteiger partial charge in [0.1, 0.15) is 0 Å². The standard InChI is InChI=1S/C12H20BrNOS/c1-4-12(15-5-2)11(14-3)7-10-6-9(13)8-16-10/h6,8,11-12,14H,4-5,7H2,1-3H3. The van der Waals surface area contributed by atoms with Crippen LogP contribution in [-0.4, -0.2) is 25.8 Å². The average Bonchev–Trinajstić information content (AvgIpc) is 2.69. The second-order valence-corrected chi connectivity index (χ2v) is 5.64. The van der Waals surface area contributed by atoms with Gasteiger partial charge in [0.25, 0.3) is 0 Å². The molecule has 0 aliphatic rings. The average molecular weight is 306 g/mol. The zero-order valence-electron chi connectivity index (χ0n) is 10.1. The summed E-state index contributed by atoms with van der Waals surface area (Å²) in [6.07, 6.45) is 2.38. The Morgan fingerprint density at radius 3 is 2.69 bits per heavy atom. The number of thiophene rings is 1. The number of nitrogens with one attached hydrogen (secondary N) is 1. The molecule has 1 heterocycles. The molecular formula is C12H20BrNOS. The van der Waals surface area contributed by atoms with Gasteiger partial charge in [-0.15, -0.1) is 11.3 Å². The third-order valence-corrected chi connectivity index (χ3v) is 4.37. The summed E-state index contributed by atoms with van der Waals surface area (Å²) in [7, 11) is 2.01. The van der Waals surface area contributed by atoms with Gasteiger partial charge in [-0.2, -0.15) is 0 Å². The molecule has 0 amide bonds. The van der Waals surface area contributed by atoms with Crippen LogP contribution in [0.5, 0.6) is 0 Å². The lowest BCUT2D eigenvalue weighted by atomic mass is 10.0. The first-order valence-corrected chi connectivity index (χ1v) is 7.40. The SMILES string of the molecule is CCOC(CC)C(Cc1cc(Br)cs1)NC. The number of ether oxygens (including phenoxy) is 1. The van der Waals surface area contributed by atoms with Crippen molar-refractivity contribution < 1.29 is 4.74 Å². The van der Waals surface area contributed by atoms with Crippen molar-refractivity contribution in [3.05, 3.63) is 20.8 Å². The quantitative estimate of drug-likeness (QED) is 0.833. The Morgan fingerprint density at radius 2 is 2.25 bits per heavy atom. The van der Waals surface area contributed by atoms with Crippen LogP contribution in [0.2, 0.25) is 0 Å². The summed E-state index contributed by atoms with van der Waals surface area (Å²) >= 11 is 5.28. The van der Waals surface area contributed by atoms with E-state index in [0.717, 1.165) is 19.4 Å². The molecule has 0 saturated heterocycles. The fourth-order valence-corrected chi connectivity index (χ4v) is 3.34. The zero-order chi connectivity index (χ0) is 12.0. The van der Waals surface area contributed by atoms with E-state index in [1.54, 1.807) is 11.3 Å². The minimum atomic E-state index is 0.302. The molecule has 4 heteroatoms. The van der Waals surface area contributed by atoms with E-state index in [1.165, 1.54) is 9.35 Å². The van der Waals surface area contributed by atoms with Crippen molar-refractivity contribution in [2.45, 2.75) is 38.8 Å². The van der Waals surface area contributed by atoms with E-state index < -0.39 is 0 Å². The highest BCUT2D eigenvalue weighted by Crippen LogP contribution is 2.22. The molecule has 16 heavy (non-hydrogen) atoms. The van der Waals surface area contributed by atoms with Gasteiger partial charge >= 0.3 is 0 Å². The topological polar surface area (TPSA) is 21.3 Å². The minimum absolute atomic E-state index is 0.302. The Balaban J connectivity index is 2.59. The second kappa shape index (κ2) is 7.43. The number of rotatable bonds is 7. The molecule has 92 valence electrons. The highest BCUT2D eigenvalue weighted by atomic mass is 79.9. The van der Waals surface area contributed by atoms with E-state index in [4.69, 9.17) is 4.74 Å². The maximum absolute atomic E-state index is 5.75. The Morgan fingerprint density at radius 1 is 1.50 bits per heavy atom. The van der Waals surface area contributed by atoms with Crippen LogP contribution in [0.25, 0.3) is 0 Å². The molecule has 1 rings (SSSR count). The van der Waals surface area contributed by atoms with Crippen molar-refractivity contribution in [2.24, 2.45) is 0 Å². The highest BCUT2D eigenvalue weighted by Gasteiger charge is 2.19. The molecule has 0 bridgehead atoms. The maximum atomic E-state index is 5.75. The van der Waals surface area contributed by atoms with Crippen LogP contribution >= 0.6 is 27.3 Å². The largest absolute Gasteiger partial charge is 0.377 e. The second-order valence-electron chi connectivity index (χ2n) is 3.73. The van der Waals surface area contributed by atoms with E-state index in [2.05, 4.69) is 46.5 Å². The van der Waals surface area contributed by atoms with Crippen LogP contribution < -0.4 is 5.32 Å². The van der Waals surface area contributed by atoms with Gasteiger partial charge in [0.05, 0.1) is 6.10 Å². The Kier molecular flexibility index (Phi) is 6.58. The molecule has 2 nitrogen and oxygen atoms in total. The van der Waals surface area contributed by atoms with Crippen LogP contribution in [-0.2, 0) is 11.2 Å². The lowest BCUT2D eigenvalue weighted by molar-refractivity contribution is 0.0341. The van der Waals surface area contributed by atoms with Crippen molar-refractivity contribution >= 4 is 27.3 Å². The van der Waals surface area contributed by atoms with Gasteiger partial charge < -0.3 is 10.1 Å². The smallest absolute Gasteiger partial charge is 0.0728 e. The van der Waals surface area contributed by atoms with Gasteiger partial charge in [-0.05, 0) is 48.8 Å². The van der Waals surface area contributed by atoms with Gasteiger partial charge in [-0.25, -0.2) is 0 Å². The monoisotopic (exact) mass is 305 g/mol. The van der Waals surface area contributed by atoms with Crippen molar-refractivity contribution in [1.29, 1.82) is 0 Å². The van der Waals surface area contributed by atoms with Crippen LogP contribution in [0.15, 0.2) is 15.9 Å². The lowest BCUT2D eigenvalue weighted by Gasteiger charge is -2.25. The molecule has 0 saturated carbocycles. The van der Waals surface area contributed by atoms with Gasteiger partial charge in [-0.1, -0.05) is 6.92 Å². The first-order valence-electron chi connectivity index (χ1n) is 5.73. The van der Waals surface area contributed by atoms with Gasteiger partial charge in [0.15, 0.2) is 0 Å². The normalized spacial score (nSPS) is 15.0. The molecule has 2 atom stereocenters. The van der Waals surface area contributed by atoms with Gasteiger partial charge in [-0.3, -0.25) is 0 Å². The summed E-state index contributed by atoms with van der Waals surface area (Å²) in [5.74, 6) is 0. The lowest BCUT2D eigenvalue weighted by Crippen LogP contribution is -2.40. The fourth-order valence-electron chi connectivity index (χ4n) is 1.83. The molecular weight excluding hydrogens is 286 g/mol. The Bertz CT molecular complexity index is 303. The number of halogens is 1. The van der Waals surface area contributed by atoms with Crippen LogP contribution in [0.4, 0.5) is 0 Å². The van der Waals surface area contributed by atoms with E-state index in [0.29, 0.717) is 12.1 Å². The van der Waals surface area contributed by atoms with E-state index in [9.17, 15) is 0 Å². The molecule has 0 aliphatic heterocycles. The summed E-state index contributed by atoms with van der Waals surface area (Å²) in [4.78, 5) is 1.39. The van der Waals surface area contributed by atoms with Crippen molar-refractivity contribution in [2.75, 3.05) is 13.7 Å². The van der Waals surface area contributed by atoms with E-state index >= 15 is 0 Å². The summed E-state index contributed by atoms with van der Waals surface area (Å²) in [6, 6.07) is 2.59. The molecule has 0 aliphatic carbocycles. The molecule has 1 aromatic heterocycles. The first-order chi connectivity index (χ1) is 7.71. The minimum Gasteiger partial charge on any atom is -0.377 e. The summed E-state index contributed by atoms with van der Waals surface area (Å²) < 4.78 is 6.93. The number of likely N-dealkylation sites (N-methyl/N-ethyl adjacent to an activating group) is 1. The summed E-state index contributed by atoms with van der Waals surface area (Å²) in [5, 5.41) is 5.49. The Labute approximate surface area is 111 Å². The first kappa shape index (κ1) is 14.2. The molecule has 0 spiro atoms. The van der Waals surface area contributed by atoms with Crippen LogP contribution in [0.1, 0.15) is 25.1 Å². The van der Waals surface area contributed by atoms with Crippen molar-refractivity contribution in [3.8, 4) is 0 Å².